The lowest BCUT2D eigenvalue weighted by Gasteiger charge is -2.41. The van der Waals surface area contributed by atoms with E-state index in [0.29, 0.717) is 12.1 Å². The fourth-order valence-electron chi connectivity index (χ4n) is 4.56. The highest BCUT2D eigenvalue weighted by Crippen LogP contribution is 2.29. The number of nitriles is 1. The van der Waals surface area contributed by atoms with E-state index in [1.807, 2.05) is 0 Å². The summed E-state index contributed by atoms with van der Waals surface area (Å²) in [5, 5.41) is 13.3. The van der Waals surface area contributed by atoms with Crippen molar-refractivity contribution in [2.24, 2.45) is 0 Å². The zero-order valence-electron chi connectivity index (χ0n) is 17.5. The van der Waals surface area contributed by atoms with Gasteiger partial charge in [-0.25, -0.2) is 0 Å². The Kier molecular flexibility index (Phi) is 6.03. The van der Waals surface area contributed by atoms with Gasteiger partial charge in [0.05, 0.1) is 11.3 Å². The van der Waals surface area contributed by atoms with Gasteiger partial charge in [-0.1, -0.05) is 30.3 Å². The van der Waals surface area contributed by atoms with Crippen LogP contribution in [0.3, 0.4) is 0 Å². The van der Waals surface area contributed by atoms with Crippen LogP contribution in [-0.2, 0) is 6.54 Å². The van der Waals surface area contributed by atoms with E-state index in [2.05, 4.69) is 88.5 Å². The van der Waals surface area contributed by atoms with E-state index in [9.17, 15) is 5.26 Å². The summed E-state index contributed by atoms with van der Waals surface area (Å²) >= 11 is 0. The fraction of sp³-hybridized carbons (Fsp3) is 0.458. The van der Waals surface area contributed by atoms with Gasteiger partial charge in [0.25, 0.3) is 0 Å². The Bertz CT molecular complexity index is 859. The Hall–Kier alpha value is -2.55. The normalized spacial score (nSPS) is 23.1. The molecular weight excluding hydrogens is 358 g/mol. The van der Waals surface area contributed by atoms with Crippen LogP contribution in [0.5, 0.6) is 0 Å². The summed E-state index contributed by atoms with van der Waals surface area (Å²) in [5.74, 6) is 0. The van der Waals surface area contributed by atoms with Crippen LogP contribution in [0.1, 0.15) is 25.0 Å². The highest BCUT2D eigenvalue weighted by molar-refractivity contribution is 5.66. The van der Waals surface area contributed by atoms with Gasteiger partial charge in [-0.15, -0.1) is 0 Å². The number of rotatable bonds is 4. The molecule has 0 aliphatic carbocycles. The average Bonchev–Trinajstić information content (AvgIpc) is 2.76. The van der Waals surface area contributed by atoms with Crippen LogP contribution < -0.4 is 15.1 Å². The molecule has 29 heavy (non-hydrogen) atoms. The molecule has 0 radical (unpaired) electrons. The molecular formula is C24H31N5. The summed E-state index contributed by atoms with van der Waals surface area (Å²) < 4.78 is 0. The van der Waals surface area contributed by atoms with Gasteiger partial charge in [-0.3, -0.25) is 4.90 Å². The van der Waals surface area contributed by atoms with E-state index >= 15 is 0 Å². The molecule has 0 unspecified atom stereocenters. The molecule has 0 spiro atoms. The zero-order chi connectivity index (χ0) is 20.2. The molecule has 2 atom stereocenters. The second-order valence-electron chi connectivity index (χ2n) is 8.31. The number of nitrogens with one attached hydrogen (secondary N) is 1. The maximum Gasteiger partial charge on any atom is 0.101 e. The average molecular weight is 390 g/mol. The van der Waals surface area contributed by atoms with E-state index in [4.69, 9.17) is 0 Å². The van der Waals surface area contributed by atoms with Crippen LogP contribution in [0.15, 0.2) is 48.5 Å². The number of benzene rings is 2. The molecule has 0 aromatic heterocycles. The van der Waals surface area contributed by atoms with E-state index in [0.717, 1.165) is 62.8 Å². The molecule has 2 saturated heterocycles. The summed E-state index contributed by atoms with van der Waals surface area (Å²) in [4.78, 5) is 7.33. The zero-order valence-corrected chi connectivity index (χ0v) is 17.5. The summed E-state index contributed by atoms with van der Waals surface area (Å²) in [6.45, 7) is 11.4. The Morgan fingerprint density at radius 3 is 2.59 bits per heavy atom. The summed E-state index contributed by atoms with van der Waals surface area (Å²) in [5.41, 5.74) is 4.39. The smallest absolute Gasteiger partial charge is 0.101 e. The highest BCUT2D eigenvalue weighted by atomic mass is 15.3. The van der Waals surface area contributed by atoms with E-state index in [1.54, 1.807) is 0 Å². The molecule has 1 N–H and O–H groups in total. The molecule has 0 bridgehead atoms. The fourth-order valence-corrected chi connectivity index (χ4v) is 4.56. The Morgan fingerprint density at radius 1 is 1.03 bits per heavy atom. The summed E-state index contributed by atoms with van der Waals surface area (Å²) in [6, 6.07) is 20.5. The monoisotopic (exact) mass is 389 g/mol. The van der Waals surface area contributed by atoms with Crippen molar-refractivity contribution in [1.82, 2.24) is 10.2 Å². The number of hydrogen-bond acceptors (Lipinski definition) is 5. The van der Waals surface area contributed by atoms with Gasteiger partial charge in [0.1, 0.15) is 6.07 Å². The van der Waals surface area contributed by atoms with Gasteiger partial charge in [0, 0.05) is 63.6 Å². The van der Waals surface area contributed by atoms with Crippen LogP contribution >= 0.6 is 0 Å². The molecule has 0 amide bonds. The summed E-state index contributed by atoms with van der Waals surface area (Å²) in [7, 11) is 0. The quantitative estimate of drug-likeness (QED) is 0.871. The van der Waals surface area contributed by atoms with Gasteiger partial charge in [-0.2, -0.15) is 5.26 Å². The van der Waals surface area contributed by atoms with Crippen LogP contribution in [0.25, 0.3) is 0 Å². The maximum absolute atomic E-state index is 9.83. The van der Waals surface area contributed by atoms with Crippen LogP contribution in [0.4, 0.5) is 11.4 Å². The highest BCUT2D eigenvalue weighted by Gasteiger charge is 2.26. The number of hydrogen-bond donors (Lipinski definition) is 1. The van der Waals surface area contributed by atoms with Crippen molar-refractivity contribution in [1.29, 1.82) is 5.26 Å². The third-order valence-electron chi connectivity index (χ3n) is 6.27. The lowest BCUT2D eigenvalue weighted by Crippen LogP contribution is -2.51. The molecule has 152 valence electrons. The molecule has 0 saturated carbocycles. The predicted molar refractivity (Wildman–Crippen MR) is 119 cm³/mol. The minimum Gasteiger partial charge on any atom is -0.368 e. The van der Waals surface area contributed by atoms with Gasteiger partial charge in [-0.05, 0) is 37.6 Å². The first-order chi connectivity index (χ1) is 14.2. The van der Waals surface area contributed by atoms with Crippen LogP contribution in [0, 0.1) is 11.3 Å². The molecule has 2 fully saturated rings. The van der Waals surface area contributed by atoms with Gasteiger partial charge in [0.15, 0.2) is 0 Å². The first-order valence-electron chi connectivity index (χ1n) is 10.7. The van der Waals surface area contributed by atoms with Crippen molar-refractivity contribution in [2.45, 2.75) is 32.5 Å². The van der Waals surface area contributed by atoms with E-state index in [-0.39, 0.29) is 0 Å². The molecule has 2 aromatic carbocycles. The van der Waals surface area contributed by atoms with E-state index in [1.165, 1.54) is 5.56 Å². The second kappa shape index (κ2) is 8.86. The third-order valence-corrected chi connectivity index (χ3v) is 6.27. The molecule has 2 aliphatic heterocycles. The van der Waals surface area contributed by atoms with Gasteiger partial charge in [0.2, 0.25) is 0 Å². The number of nitrogens with zero attached hydrogens (tertiary/aromatic N) is 4. The van der Waals surface area contributed by atoms with Crippen molar-refractivity contribution >= 4 is 11.4 Å². The van der Waals surface area contributed by atoms with Gasteiger partial charge >= 0.3 is 0 Å². The molecule has 2 aliphatic rings. The van der Waals surface area contributed by atoms with Crippen LogP contribution in [0.2, 0.25) is 0 Å². The van der Waals surface area contributed by atoms with Crippen molar-refractivity contribution < 1.29 is 0 Å². The van der Waals surface area contributed by atoms with Crippen molar-refractivity contribution in [2.75, 3.05) is 49.1 Å². The van der Waals surface area contributed by atoms with Crippen molar-refractivity contribution in [3.8, 4) is 6.07 Å². The second-order valence-corrected chi connectivity index (χ2v) is 8.31. The Morgan fingerprint density at radius 2 is 1.86 bits per heavy atom. The Labute approximate surface area is 174 Å². The molecule has 2 aromatic rings. The molecule has 4 rings (SSSR count). The van der Waals surface area contributed by atoms with Crippen LogP contribution in [-0.4, -0.2) is 56.3 Å². The minimum atomic E-state index is 0.447. The Balaban J connectivity index is 1.47. The number of piperazine rings is 2. The van der Waals surface area contributed by atoms with E-state index < -0.39 is 0 Å². The largest absolute Gasteiger partial charge is 0.368 e. The lowest BCUT2D eigenvalue weighted by atomic mass is 10.1. The first kappa shape index (κ1) is 19.8. The first-order valence-corrected chi connectivity index (χ1v) is 10.7. The molecule has 2 heterocycles. The SMILES string of the molecule is C[C@@H]1CN(c2ccc(N3CCNC[C@H]3C)cc2C#N)CCN1Cc1ccccc1. The summed E-state index contributed by atoms with van der Waals surface area (Å²) in [6.07, 6.45) is 0. The lowest BCUT2D eigenvalue weighted by molar-refractivity contribution is 0.181. The third kappa shape index (κ3) is 4.39. The number of anilines is 2. The maximum atomic E-state index is 9.83. The predicted octanol–water partition coefficient (Wildman–Crippen LogP) is 3.07. The van der Waals surface area contributed by atoms with Crippen molar-refractivity contribution in [3.63, 3.8) is 0 Å². The molecule has 5 heteroatoms. The molecule has 5 nitrogen and oxygen atoms in total. The van der Waals surface area contributed by atoms with Gasteiger partial charge < -0.3 is 15.1 Å². The minimum absolute atomic E-state index is 0.447. The topological polar surface area (TPSA) is 45.5 Å². The van der Waals surface area contributed by atoms with Crippen molar-refractivity contribution in [3.05, 3.63) is 59.7 Å². The standard InChI is InChI=1S/C24H31N5/c1-19-16-26-10-11-29(19)23-8-9-24(22(14-23)15-25)28-13-12-27(20(2)17-28)18-21-6-4-3-5-7-21/h3-9,14,19-20,26H,10-13,16-18H2,1-2H3/t19-,20-/m1/s1.